The Morgan fingerprint density at radius 2 is 0.333 bits per heavy atom. The van der Waals surface area contributed by atoms with E-state index in [0.29, 0.717) is 0 Å². The molecule has 0 heterocycles. The minimum absolute atomic E-state index is 0. The van der Waals surface area contributed by atoms with Crippen LogP contribution in [0.25, 0.3) is 0 Å². The molecule has 39 heavy (non-hydrogen) atoms. The molecule has 0 bridgehead atoms. The molecule has 0 aliphatic heterocycles. The van der Waals surface area contributed by atoms with E-state index in [4.69, 9.17) is 0 Å². The Labute approximate surface area is 270 Å². The van der Waals surface area contributed by atoms with E-state index in [2.05, 4.69) is 0 Å². The van der Waals surface area contributed by atoms with Crippen LogP contribution in [0.3, 0.4) is 0 Å². The van der Waals surface area contributed by atoms with Crippen molar-refractivity contribution in [3.63, 3.8) is 0 Å². The van der Waals surface area contributed by atoms with Crippen LogP contribution in [0.1, 0.15) is 193 Å². The minimum Gasteiger partial charge on any atom is 0 e. The summed E-state index contributed by atoms with van der Waals surface area (Å²) in [5, 5.41) is 0. The van der Waals surface area contributed by atoms with E-state index in [0.717, 1.165) is 0 Å². The van der Waals surface area contributed by atoms with E-state index in [9.17, 15) is 0 Å². The van der Waals surface area contributed by atoms with Gasteiger partial charge in [-0.1, -0.05) is 0 Å². The van der Waals surface area contributed by atoms with Gasteiger partial charge in [0.2, 0.25) is 0 Å². The Morgan fingerprint density at radius 1 is 0.205 bits per heavy atom. The van der Waals surface area contributed by atoms with Crippen LogP contribution in [0.2, 0.25) is 23.6 Å². The molecule has 4 radical (unpaired) electrons. The first-order valence-corrected chi connectivity index (χ1v) is 28.5. The summed E-state index contributed by atoms with van der Waals surface area (Å²) in [6.45, 7) is 0. The fourth-order valence-corrected chi connectivity index (χ4v) is 40.4. The Morgan fingerprint density at radius 3 is 0.462 bits per heavy atom. The molecule has 0 amide bonds. The van der Waals surface area contributed by atoms with Crippen molar-refractivity contribution in [1.82, 2.24) is 0 Å². The molecule has 6 rings (SSSR count). The first-order chi connectivity index (χ1) is 18.9. The molecule has 3 heteroatoms. The first kappa shape index (κ1) is 34.0. The molecule has 0 aromatic rings. The standard InChI is InChI=1S/6C6H11.Se.2Sn/c6*1-2-4-6-5-3-1;;;/h6*1H,2-6H2;;;. The van der Waals surface area contributed by atoms with Gasteiger partial charge in [0.15, 0.2) is 0 Å². The van der Waals surface area contributed by atoms with Crippen LogP contribution >= 0.6 is 0 Å². The molecule has 0 aromatic heterocycles. The molecule has 6 aliphatic carbocycles. The molecule has 0 saturated heterocycles. The average molecular weight is 815 g/mol. The van der Waals surface area contributed by atoms with Gasteiger partial charge in [-0.05, 0) is 0 Å². The van der Waals surface area contributed by atoms with Gasteiger partial charge in [-0.15, -0.1) is 0 Å². The van der Waals surface area contributed by atoms with E-state index in [1.165, 1.54) is 23.6 Å². The van der Waals surface area contributed by atoms with Crippen molar-refractivity contribution in [2.75, 3.05) is 0 Å². The van der Waals surface area contributed by atoms with Gasteiger partial charge < -0.3 is 0 Å². The third-order valence-electron chi connectivity index (χ3n) is 12.5. The quantitative estimate of drug-likeness (QED) is 0.234. The summed E-state index contributed by atoms with van der Waals surface area (Å²) >= 11 is -2.30. The van der Waals surface area contributed by atoms with E-state index in [1.807, 2.05) is 0 Å². The third kappa shape index (κ3) is 10.6. The van der Waals surface area contributed by atoms with Crippen molar-refractivity contribution in [3.05, 3.63) is 0 Å². The maximum absolute atomic E-state index is 1.67. The van der Waals surface area contributed by atoms with Crippen molar-refractivity contribution < 1.29 is 0 Å². The summed E-state index contributed by atoms with van der Waals surface area (Å²) in [5.74, 6) is 0. The second kappa shape index (κ2) is 19.5. The summed E-state index contributed by atoms with van der Waals surface area (Å²) in [4.78, 5) is 0. The predicted molar refractivity (Wildman–Crippen MR) is 178 cm³/mol. The van der Waals surface area contributed by atoms with Crippen LogP contribution in [-0.2, 0) is 0 Å². The second-order valence-corrected chi connectivity index (χ2v) is 34.7. The van der Waals surface area contributed by atoms with Crippen LogP contribution < -0.4 is 0 Å². The van der Waals surface area contributed by atoms with Gasteiger partial charge in [0.05, 0.1) is 0 Å². The molecular formula is C36H66SeSn2. The monoisotopic (exact) mass is 818 g/mol. The molecule has 0 unspecified atom stereocenters. The zero-order valence-electron chi connectivity index (χ0n) is 26.1. The molecular weight excluding hydrogens is 749 g/mol. The molecule has 6 fully saturated rings. The molecule has 0 spiro atoms. The van der Waals surface area contributed by atoms with Crippen molar-refractivity contribution in [2.45, 2.75) is 216 Å². The summed E-state index contributed by atoms with van der Waals surface area (Å²) in [5.41, 5.74) is 0. The van der Waals surface area contributed by atoms with Gasteiger partial charge in [-0.2, -0.15) is 0 Å². The van der Waals surface area contributed by atoms with Gasteiger partial charge in [0.25, 0.3) is 0 Å². The molecule has 0 aromatic carbocycles. The average Bonchev–Trinajstić information content (AvgIpc) is 3.01. The Kier molecular flexibility index (Phi) is 17.0. The SMILES string of the molecule is C1CC[CH]([Sn]([CH]2CCCCC2)[CH]2CCCCC2)CC1.C1CC[CH]([Sn]([CH]2CCCCC2)[CH]2CCCCC2)CC1.[Se]. The maximum atomic E-state index is 1.67. The number of hydrogen-bond acceptors (Lipinski definition) is 0. The van der Waals surface area contributed by atoms with Gasteiger partial charge in [-0.3, -0.25) is 0 Å². The van der Waals surface area contributed by atoms with Crippen molar-refractivity contribution in [2.24, 2.45) is 0 Å². The summed E-state index contributed by atoms with van der Waals surface area (Å²) in [7, 11) is 0. The van der Waals surface area contributed by atoms with E-state index in [-0.39, 0.29) is 17.1 Å². The van der Waals surface area contributed by atoms with E-state index < -0.39 is 39.5 Å². The van der Waals surface area contributed by atoms with Crippen molar-refractivity contribution in [1.29, 1.82) is 0 Å². The molecule has 6 saturated carbocycles. The Balaban J connectivity index is 0.000000176. The van der Waals surface area contributed by atoms with Crippen LogP contribution in [0.5, 0.6) is 0 Å². The van der Waals surface area contributed by atoms with Gasteiger partial charge in [0.1, 0.15) is 0 Å². The van der Waals surface area contributed by atoms with Gasteiger partial charge in [-0.25, -0.2) is 0 Å². The normalized spacial score (nSPS) is 28.2. The van der Waals surface area contributed by atoms with E-state index in [1.54, 1.807) is 193 Å². The van der Waals surface area contributed by atoms with Crippen LogP contribution in [0, 0.1) is 0 Å². The zero-order valence-corrected chi connectivity index (χ0v) is 33.5. The maximum Gasteiger partial charge on any atom is 0 e. The second-order valence-electron chi connectivity index (χ2n) is 15.0. The largest absolute Gasteiger partial charge is 0 e. The molecule has 0 nitrogen and oxygen atoms in total. The van der Waals surface area contributed by atoms with Crippen LogP contribution in [0.15, 0.2) is 0 Å². The predicted octanol–water partition coefficient (Wildman–Crippen LogP) is 12.6. The minimum atomic E-state index is -1.15. The van der Waals surface area contributed by atoms with Crippen LogP contribution in [-0.4, -0.2) is 56.6 Å². The van der Waals surface area contributed by atoms with Gasteiger partial charge in [0, 0.05) is 17.1 Å². The van der Waals surface area contributed by atoms with Crippen molar-refractivity contribution >= 4 is 56.6 Å². The van der Waals surface area contributed by atoms with Gasteiger partial charge >= 0.3 is 256 Å². The Bertz CT molecular complexity index is 464. The number of rotatable bonds is 6. The molecule has 6 aliphatic rings. The topological polar surface area (TPSA) is 0 Å². The first-order valence-electron chi connectivity index (χ1n) is 18.6. The fraction of sp³-hybridized carbons (Fsp3) is 1.00. The van der Waals surface area contributed by atoms with E-state index >= 15 is 0 Å². The van der Waals surface area contributed by atoms with Crippen molar-refractivity contribution in [3.8, 4) is 0 Å². The smallest absolute Gasteiger partial charge is 0 e. The number of hydrogen-bond donors (Lipinski definition) is 0. The summed E-state index contributed by atoms with van der Waals surface area (Å²) in [6.07, 6.45) is 48.5. The fourth-order valence-electron chi connectivity index (χ4n) is 10.6. The third-order valence-corrected chi connectivity index (χ3v) is 38.5. The molecule has 0 atom stereocenters. The van der Waals surface area contributed by atoms with Crippen LogP contribution in [0.4, 0.5) is 0 Å². The Hall–Kier alpha value is 2.12. The zero-order chi connectivity index (χ0) is 25.8. The summed E-state index contributed by atoms with van der Waals surface area (Å²) < 4.78 is 7.93. The molecule has 224 valence electrons. The summed E-state index contributed by atoms with van der Waals surface area (Å²) in [6, 6.07) is 0. The molecule has 0 N–H and O–H groups in total.